The van der Waals surface area contributed by atoms with E-state index >= 15 is 0 Å². The highest BCUT2D eigenvalue weighted by Gasteiger charge is 2.32. The fourth-order valence-corrected chi connectivity index (χ4v) is 1.97. The van der Waals surface area contributed by atoms with Crippen molar-refractivity contribution in [2.45, 2.75) is 12.5 Å². The molecule has 8 nitrogen and oxygen atoms in total. The third-order valence-corrected chi connectivity index (χ3v) is 2.82. The Morgan fingerprint density at radius 3 is 2.63 bits per heavy atom. The number of carbonyl (C=O) groups excluding carboxylic acids is 1. The number of carbonyl (C=O) groups is 2. The summed E-state index contributed by atoms with van der Waals surface area (Å²) in [5, 5.41) is 29.1. The number of amides is 1. The molecule has 1 aliphatic heterocycles. The number of carboxylic acid groups (broad SMARTS) is 1. The smallest absolute Gasteiger partial charge is 0.338 e. The Bertz CT molecular complexity index is 570. The minimum atomic E-state index is -1.37. The van der Waals surface area contributed by atoms with Crippen molar-refractivity contribution in [3.63, 3.8) is 0 Å². The van der Waals surface area contributed by atoms with Crippen LogP contribution in [0.3, 0.4) is 0 Å². The van der Waals surface area contributed by atoms with Crippen LogP contribution in [-0.2, 0) is 4.79 Å². The lowest BCUT2D eigenvalue weighted by Gasteiger charge is -2.17. The number of aliphatic hydroxyl groups is 1. The van der Waals surface area contributed by atoms with E-state index in [0.29, 0.717) is 0 Å². The first kappa shape index (κ1) is 13.0. The third kappa shape index (κ3) is 2.38. The van der Waals surface area contributed by atoms with Crippen molar-refractivity contribution < 1.29 is 24.7 Å². The van der Waals surface area contributed by atoms with E-state index in [2.05, 4.69) is 0 Å². The number of nitro benzene ring substituents is 1. The maximum atomic E-state index is 11.6. The van der Waals surface area contributed by atoms with Gasteiger partial charge in [0.15, 0.2) is 0 Å². The van der Waals surface area contributed by atoms with Crippen molar-refractivity contribution in [2.75, 3.05) is 11.4 Å². The Morgan fingerprint density at radius 2 is 2.16 bits per heavy atom. The molecule has 0 aromatic heterocycles. The largest absolute Gasteiger partial charge is 0.478 e. The Kier molecular flexibility index (Phi) is 3.17. The minimum absolute atomic E-state index is 0.0169. The van der Waals surface area contributed by atoms with Gasteiger partial charge in [-0.2, -0.15) is 0 Å². The molecule has 1 amide bonds. The fraction of sp³-hybridized carbons (Fsp3) is 0.273. The monoisotopic (exact) mass is 266 g/mol. The highest BCUT2D eigenvalue weighted by atomic mass is 16.6. The van der Waals surface area contributed by atoms with Crippen LogP contribution in [0.25, 0.3) is 0 Å². The molecule has 1 fully saturated rings. The van der Waals surface area contributed by atoms with Gasteiger partial charge in [0.2, 0.25) is 5.91 Å². The molecule has 0 radical (unpaired) electrons. The molecule has 0 aliphatic carbocycles. The first-order valence-corrected chi connectivity index (χ1v) is 5.40. The van der Waals surface area contributed by atoms with Crippen molar-refractivity contribution >= 4 is 23.3 Å². The summed E-state index contributed by atoms with van der Waals surface area (Å²) in [5.74, 6) is -1.78. The van der Waals surface area contributed by atoms with E-state index in [4.69, 9.17) is 5.11 Å². The summed E-state index contributed by atoms with van der Waals surface area (Å²) in [6.45, 7) is -0.0169. The maximum Gasteiger partial charge on any atom is 0.338 e. The van der Waals surface area contributed by atoms with E-state index in [-0.39, 0.29) is 29.9 Å². The lowest BCUT2D eigenvalue weighted by Crippen LogP contribution is -2.27. The second-order valence-corrected chi connectivity index (χ2v) is 4.13. The molecule has 19 heavy (non-hydrogen) atoms. The number of nitrogens with zero attached hydrogens (tertiary/aromatic N) is 2. The van der Waals surface area contributed by atoms with Gasteiger partial charge in [-0.3, -0.25) is 14.9 Å². The first-order valence-electron chi connectivity index (χ1n) is 5.40. The predicted octanol–water partition coefficient (Wildman–Crippen LogP) is 0.391. The summed E-state index contributed by atoms with van der Waals surface area (Å²) in [4.78, 5) is 33.8. The number of carboxylic acids is 1. The molecule has 2 N–H and O–H groups in total. The van der Waals surface area contributed by atoms with E-state index in [1.807, 2.05) is 0 Å². The van der Waals surface area contributed by atoms with Crippen LogP contribution >= 0.6 is 0 Å². The number of anilines is 1. The van der Waals surface area contributed by atoms with Crippen molar-refractivity contribution in [1.29, 1.82) is 0 Å². The van der Waals surface area contributed by atoms with E-state index in [0.717, 1.165) is 17.0 Å². The molecule has 2 rings (SSSR count). The zero-order valence-electron chi connectivity index (χ0n) is 9.65. The number of hydrogen-bond donors (Lipinski definition) is 2. The molecule has 1 aromatic rings. The average Bonchev–Trinajstić information content (AvgIpc) is 2.67. The minimum Gasteiger partial charge on any atom is -0.478 e. The number of nitro groups is 1. The molecule has 1 atom stereocenters. The molecular formula is C11H10N2O6. The predicted molar refractivity (Wildman–Crippen MR) is 63.0 cm³/mol. The van der Waals surface area contributed by atoms with E-state index in [1.165, 1.54) is 6.07 Å². The molecule has 0 spiro atoms. The van der Waals surface area contributed by atoms with Crippen LogP contribution in [0.5, 0.6) is 0 Å². The van der Waals surface area contributed by atoms with Gasteiger partial charge in [-0.1, -0.05) is 0 Å². The molecule has 1 unspecified atom stereocenters. The van der Waals surface area contributed by atoms with Crippen molar-refractivity contribution in [1.82, 2.24) is 0 Å². The Morgan fingerprint density at radius 1 is 1.47 bits per heavy atom. The maximum absolute atomic E-state index is 11.6. The van der Waals surface area contributed by atoms with Gasteiger partial charge in [0, 0.05) is 12.1 Å². The summed E-state index contributed by atoms with van der Waals surface area (Å²) in [6, 6.07) is 3.23. The Labute approximate surface area is 107 Å². The SMILES string of the molecule is O=C(O)c1cc([N+](=O)[O-])ccc1N1CC(O)CC1=O. The zero-order valence-corrected chi connectivity index (χ0v) is 9.65. The number of benzene rings is 1. The highest BCUT2D eigenvalue weighted by molar-refractivity contribution is 6.03. The summed E-state index contributed by atoms with van der Waals surface area (Å²) in [6.07, 6.45) is -0.944. The second-order valence-electron chi connectivity index (χ2n) is 4.13. The van der Waals surface area contributed by atoms with Gasteiger partial charge >= 0.3 is 5.97 Å². The molecule has 1 saturated heterocycles. The van der Waals surface area contributed by atoms with Crippen LogP contribution in [0.4, 0.5) is 11.4 Å². The topological polar surface area (TPSA) is 121 Å². The van der Waals surface area contributed by atoms with Gasteiger partial charge in [-0.15, -0.1) is 0 Å². The normalized spacial score (nSPS) is 18.7. The van der Waals surface area contributed by atoms with Gasteiger partial charge < -0.3 is 15.1 Å². The van der Waals surface area contributed by atoms with E-state index < -0.39 is 22.9 Å². The number of aromatic carboxylic acids is 1. The van der Waals surface area contributed by atoms with Crippen LogP contribution in [0, 0.1) is 10.1 Å². The molecular weight excluding hydrogens is 256 g/mol. The standard InChI is InChI=1S/C11H10N2O6/c14-7-4-10(15)12(5-7)9-2-1-6(13(18)19)3-8(9)11(16)17/h1-3,7,14H,4-5H2,(H,16,17). The number of non-ortho nitro benzene ring substituents is 1. The first-order chi connectivity index (χ1) is 8.90. The summed E-state index contributed by atoms with van der Waals surface area (Å²) in [5.41, 5.74) is -0.648. The van der Waals surface area contributed by atoms with Gasteiger partial charge in [0.25, 0.3) is 5.69 Å². The van der Waals surface area contributed by atoms with Crippen molar-refractivity contribution in [2.24, 2.45) is 0 Å². The quantitative estimate of drug-likeness (QED) is 0.603. The Balaban J connectivity index is 2.48. The van der Waals surface area contributed by atoms with Crippen LogP contribution in [0.2, 0.25) is 0 Å². The van der Waals surface area contributed by atoms with Gasteiger partial charge in [0.1, 0.15) is 0 Å². The van der Waals surface area contributed by atoms with Gasteiger partial charge in [-0.05, 0) is 6.07 Å². The number of rotatable bonds is 3. The third-order valence-electron chi connectivity index (χ3n) is 2.82. The summed E-state index contributed by atoms with van der Waals surface area (Å²) >= 11 is 0. The zero-order chi connectivity index (χ0) is 14.2. The van der Waals surface area contributed by atoms with E-state index in [1.54, 1.807) is 0 Å². The second kappa shape index (κ2) is 4.65. The molecule has 1 heterocycles. The highest BCUT2D eigenvalue weighted by Crippen LogP contribution is 2.29. The van der Waals surface area contributed by atoms with Crippen LogP contribution < -0.4 is 4.90 Å². The number of β-amino-alcohol motifs (C(OH)–C–C–N with tert-alkyl or cyclic N) is 1. The van der Waals surface area contributed by atoms with E-state index in [9.17, 15) is 24.8 Å². The summed E-state index contributed by atoms with van der Waals surface area (Å²) in [7, 11) is 0. The lowest BCUT2D eigenvalue weighted by molar-refractivity contribution is -0.384. The van der Waals surface area contributed by atoms with Crippen LogP contribution in [0.15, 0.2) is 18.2 Å². The number of aliphatic hydroxyl groups excluding tert-OH is 1. The average molecular weight is 266 g/mol. The fourth-order valence-electron chi connectivity index (χ4n) is 1.97. The van der Waals surface area contributed by atoms with Crippen LogP contribution in [-0.4, -0.2) is 39.7 Å². The van der Waals surface area contributed by atoms with Gasteiger partial charge in [-0.25, -0.2) is 4.79 Å². The molecule has 100 valence electrons. The molecule has 1 aliphatic rings. The molecule has 1 aromatic carbocycles. The summed E-state index contributed by atoms with van der Waals surface area (Å²) < 4.78 is 0. The van der Waals surface area contributed by atoms with Crippen LogP contribution in [0.1, 0.15) is 16.8 Å². The van der Waals surface area contributed by atoms with Crippen molar-refractivity contribution in [3.8, 4) is 0 Å². The lowest BCUT2D eigenvalue weighted by atomic mass is 10.1. The van der Waals surface area contributed by atoms with Gasteiger partial charge in [0.05, 0.1) is 35.2 Å². The van der Waals surface area contributed by atoms with Crippen molar-refractivity contribution in [3.05, 3.63) is 33.9 Å². The Hall–Kier alpha value is -2.48. The molecule has 0 saturated carbocycles. The number of hydrogen-bond acceptors (Lipinski definition) is 5. The molecule has 0 bridgehead atoms. The molecule has 8 heteroatoms.